The van der Waals surface area contributed by atoms with E-state index >= 15 is 0 Å². The fourth-order valence-corrected chi connectivity index (χ4v) is 6.28. The van der Waals surface area contributed by atoms with Gasteiger partial charge >= 0.3 is 0 Å². The molecule has 0 saturated carbocycles. The minimum Gasteiger partial charge on any atom is -0.491 e. The van der Waals surface area contributed by atoms with Crippen LogP contribution in [-0.2, 0) is 6.54 Å². The molecule has 3 aromatic heterocycles. The Labute approximate surface area is 221 Å². The van der Waals surface area contributed by atoms with E-state index in [0.29, 0.717) is 17.7 Å². The van der Waals surface area contributed by atoms with E-state index in [4.69, 9.17) is 20.4 Å². The van der Waals surface area contributed by atoms with E-state index in [-0.39, 0.29) is 6.04 Å². The number of fused-ring (bicyclic) bond motifs is 2. The molecule has 1 atom stereocenters. The predicted molar refractivity (Wildman–Crippen MR) is 149 cm³/mol. The van der Waals surface area contributed by atoms with Crippen LogP contribution in [0.5, 0.6) is 5.75 Å². The summed E-state index contributed by atoms with van der Waals surface area (Å²) >= 11 is 1.41. The van der Waals surface area contributed by atoms with Gasteiger partial charge in [-0.05, 0) is 68.5 Å². The Balaban J connectivity index is 1.41. The molecule has 37 heavy (non-hydrogen) atoms. The highest BCUT2D eigenvalue weighted by atomic mass is 32.1. The van der Waals surface area contributed by atoms with Crippen molar-refractivity contribution >= 4 is 32.6 Å². The number of hydrogen-bond acceptors (Lipinski definition) is 9. The van der Waals surface area contributed by atoms with Crippen molar-refractivity contribution in [3.05, 3.63) is 52.6 Å². The molecule has 0 amide bonds. The smallest absolute Gasteiger partial charge is 0.182 e. The van der Waals surface area contributed by atoms with Crippen LogP contribution in [0, 0.1) is 13.8 Å². The van der Waals surface area contributed by atoms with Crippen LogP contribution in [0.2, 0.25) is 0 Å². The lowest BCUT2D eigenvalue weighted by molar-refractivity contribution is 0.329. The summed E-state index contributed by atoms with van der Waals surface area (Å²) in [5, 5.41) is 4.10. The van der Waals surface area contributed by atoms with E-state index in [1.807, 2.05) is 6.20 Å². The first-order chi connectivity index (χ1) is 17.9. The lowest BCUT2D eigenvalue weighted by Crippen LogP contribution is -2.29. The topological polar surface area (TPSA) is 102 Å². The zero-order valence-electron chi connectivity index (χ0n) is 21.8. The number of aromatic nitrogens is 4. The van der Waals surface area contributed by atoms with Crippen molar-refractivity contribution in [1.29, 1.82) is 0 Å². The van der Waals surface area contributed by atoms with E-state index in [2.05, 4.69) is 66.1 Å². The van der Waals surface area contributed by atoms with Crippen LogP contribution < -0.4 is 20.7 Å². The van der Waals surface area contributed by atoms with Crippen molar-refractivity contribution in [2.24, 2.45) is 0 Å². The Morgan fingerprint density at radius 3 is 2.78 bits per heavy atom. The molecule has 0 bridgehead atoms. The lowest BCUT2D eigenvalue weighted by Gasteiger charge is -2.27. The molecule has 1 saturated heterocycles. The molecule has 1 unspecified atom stereocenters. The molecule has 1 aromatic carbocycles. The molecule has 1 fully saturated rings. The van der Waals surface area contributed by atoms with E-state index in [1.165, 1.54) is 16.9 Å². The third-order valence-electron chi connectivity index (χ3n) is 7.30. The van der Waals surface area contributed by atoms with E-state index < -0.39 is 0 Å². The van der Waals surface area contributed by atoms with Crippen molar-refractivity contribution in [1.82, 2.24) is 25.3 Å². The normalized spacial score (nSPS) is 17.8. The Morgan fingerprint density at radius 1 is 1.14 bits per heavy atom. The van der Waals surface area contributed by atoms with Crippen molar-refractivity contribution < 1.29 is 4.74 Å². The number of nitrogens with zero attached hydrogens (tertiary/aromatic N) is 5. The molecular formula is C28H33N7OS. The number of thiazole rings is 1. The van der Waals surface area contributed by atoms with Gasteiger partial charge in [0.25, 0.3) is 0 Å². The van der Waals surface area contributed by atoms with E-state index in [1.54, 1.807) is 0 Å². The Kier molecular flexibility index (Phi) is 6.20. The largest absolute Gasteiger partial charge is 0.491 e. The number of nitrogens with two attached hydrogens (primary N) is 1. The highest BCUT2D eigenvalue weighted by Crippen LogP contribution is 2.37. The van der Waals surface area contributed by atoms with Crippen molar-refractivity contribution in [3.8, 4) is 16.9 Å². The van der Waals surface area contributed by atoms with E-state index in [9.17, 15) is 0 Å². The number of ether oxygens (including phenoxy) is 1. The van der Waals surface area contributed by atoms with Gasteiger partial charge in [-0.15, -0.1) is 0 Å². The first-order valence-corrected chi connectivity index (χ1v) is 13.8. The average Bonchev–Trinajstić information content (AvgIpc) is 3.47. The molecular weight excluding hydrogens is 482 g/mol. The third kappa shape index (κ3) is 4.51. The van der Waals surface area contributed by atoms with Crippen LogP contribution in [0.1, 0.15) is 66.9 Å². The molecule has 2 aliphatic heterocycles. The summed E-state index contributed by atoms with van der Waals surface area (Å²) in [7, 11) is 0. The number of rotatable bonds is 4. The average molecular weight is 516 g/mol. The number of benzene rings is 1. The quantitative estimate of drug-likeness (QED) is 0.378. The molecule has 192 valence electrons. The van der Waals surface area contributed by atoms with Gasteiger partial charge in [-0.2, -0.15) is 0 Å². The number of hydrogen-bond donors (Lipinski definition) is 2. The number of aryl methyl sites for hydroxylation is 2. The molecule has 4 aromatic rings. The van der Waals surface area contributed by atoms with Gasteiger partial charge in [0.2, 0.25) is 0 Å². The first-order valence-electron chi connectivity index (χ1n) is 13.0. The summed E-state index contributed by atoms with van der Waals surface area (Å²) in [6.07, 6.45) is 4.15. The number of anilines is 2. The molecule has 0 spiro atoms. The molecule has 8 nitrogen and oxygen atoms in total. The summed E-state index contributed by atoms with van der Waals surface area (Å²) in [5.74, 6) is 3.23. The van der Waals surface area contributed by atoms with Crippen molar-refractivity contribution in [3.63, 3.8) is 0 Å². The summed E-state index contributed by atoms with van der Waals surface area (Å²) in [6.45, 7) is 11.8. The first kappa shape index (κ1) is 24.1. The van der Waals surface area contributed by atoms with Gasteiger partial charge in [-0.25, -0.2) is 19.9 Å². The summed E-state index contributed by atoms with van der Waals surface area (Å²) in [6, 6.07) is 6.69. The Hall–Kier alpha value is -3.30. The van der Waals surface area contributed by atoms with Gasteiger partial charge in [0.15, 0.2) is 5.13 Å². The SMILES string of the molecule is Cc1cc(-c2cnc3sc(N)nc3c2)cc2c1OCCN(c1nc(C3CCCN3)nc(C)c1C(C)C)C2. The van der Waals surface area contributed by atoms with Crippen LogP contribution in [0.15, 0.2) is 24.4 Å². The highest BCUT2D eigenvalue weighted by molar-refractivity contribution is 7.21. The number of nitrogen functional groups attached to an aromatic ring is 1. The molecule has 9 heteroatoms. The summed E-state index contributed by atoms with van der Waals surface area (Å²) in [4.78, 5) is 22.4. The summed E-state index contributed by atoms with van der Waals surface area (Å²) in [5.41, 5.74) is 13.4. The molecule has 6 rings (SSSR count). The van der Waals surface area contributed by atoms with Gasteiger partial charge in [0.05, 0.1) is 12.6 Å². The van der Waals surface area contributed by atoms with Gasteiger partial charge in [0.1, 0.15) is 34.3 Å². The van der Waals surface area contributed by atoms with Crippen molar-refractivity contribution in [2.75, 3.05) is 30.3 Å². The molecule has 5 heterocycles. The second-order valence-corrected chi connectivity index (χ2v) is 11.4. The minimum absolute atomic E-state index is 0.227. The van der Waals surface area contributed by atoms with Gasteiger partial charge in [0, 0.05) is 35.1 Å². The fourth-order valence-electron chi connectivity index (χ4n) is 5.62. The second kappa shape index (κ2) is 9.54. The van der Waals surface area contributed by atoms with Crippen LogP contribution in [0.4, 0.5) is 10.9 Å². The highest BCUT2D eigenvalue weighted by Gasteiger charge is 2.27. The van der Waals surface area contributed by atoms with Crippen LogP contribution in [0.25, 0.3) is 21.5 Å². The molecule has 3 N–H and O–H groups in total. The zero-order valence-corrected chi connectivity index (χ0v) is 22.7. The maximum atomic E-state index is 6.32. The lowest BCUT2D eigenvalue weighted by atomic mass is 9.98. The van der Waals surface area contributed by atoms with Crippen LogP contribution in [0.3, 0.4) is 0 Å². The predicted octanol–water partition coefficient (Wildman–Crippen LogP) is 5.29. The third-order valence-corrected chi connectivity index (χ3v) is 8.11. The second-order valence-electron chi connectivity index (χ2n) is 10.4. The maximum Gasteiger partial charge on any atom is 0.182 e. The maximum absolute atomic E-state index is 6.32. The van der Waals surface area contributed by atoms with Crippen LogP contribution >= 0.6 is 11.3 Å². The molecule has 2 aliphatic rings. The number of nitrogens with one attached hydrogen (secondary N) is 1. The molecule has 0 radical (unpaired) electrons. The van der Waals surface area contributed by atoms with Gasteiger partial charge in [-0.1, -0.05) is 25.2 Å². The Bertz CT molecular complexity index is 1480. The minimum atomic E-state index is 0.227. The summed E-state index contributed by atoms with van der Waals surface area (Å²) < 4.78 is 6.32. The zero-order chi connectivity index (χ0) is 25.7. The fraction of sp³-hybridized carbons (Fsp3) is 0.429. The molecule has 0 aliphatic carbocycles. The van der Waals surface area contributed by atoms with Crippen molar-refractivity contribution in [2.45, 2.75) is 59.0 Å². The van der Waals surface area contributed by atoms with Gasteiger partial charge in [-0.3, -0.25) is 0 Å². The Morgan fingerprint density at radius 2 is 2.00 bits per heavy atom. The van der Waals surface area contributed by atoms with E-state index in [0.717, 1.165) is 88.2 Å². The van der Waals surface area contributed by atoms with Crippen LogP contribution in [-0.4, -0.2) is 39.6 Å². The monoisotopic (exact) mass is 515 g/mol. The van der Waals surface area contributed by atoms with Gasteiger partial charge < -0.3 is 20.7 Å². The number of pyridine rings is 1. The standard InChI is InChI=1S/C28H33N7OS/c1-15(2)23-17(4)32-25(21-6-5-7-30-21)34-26(23)35-8-9-36-24-16(3)10-18(11-20(24)14-35)19-12-22-27(31-13-19)37-28(29)33-22/h10-13,15,21,30H,5-9,14H2,1-4H3,(H2,29,33).